The molecule has 1 saturated heterocycles. The first-order chi connectivity index (χ1) is 4.93. The largest absolute Gasteiger partial charge is 0.369 e. The Kier molecular flexibility index (Phi) is 1.92. The SMILES string of the molecule is CN1C[C@@H](C(N)=O)C(C)(C)C1. The summed E-state index contributed by atoms with van der Waals surface area (Å²) in [6.07, 6.45) is 0. The van der Waals surface area contributed by atoms with Gasteiger partial charge in [-0.25, -0.2) is 0 Å². The van der Waals surface area contributed by atoms with Gasteiger partial charge in [0.15, 0.2) is 0 Å². The third-order valence-corrected chi connectivity index (χ3v) is 2.46. The van der Waals surface area contributed by atoms with Crippen LogP contribution in [0.2, 0.25) is 0 Å². The lowest BCUT2D eigenvalue weighted by molar-refractivity contribution is -0.123. The molecule has 0 aromatic carbocycles. The van der Waals surface area contributed by atoms with Gasteiger partial charge in [-0.3, -0.25) is 4.79 Å². The maximum Gasteiger partial charge on any atom is 0.222 e. The molecular formula is C8H16N2O. The van der Waals surface area contributed by atoms with Crippen LogP contribution in [0.3, 0.4) is 0 Å². The van der Waals surface area contributed by atoms with Gasteiger partial charge in [-0.2, -0.15) is 0 Å². The normalized spacial score (nSPS) is 30.6. The average molecular weight is 156 g/mol. The highest BCUT2D eigenvalue weighted by Crippen LogP contribution is 2.33. The highest BCUT2D eigenvalue weighted by Gasteiger charge is 2.40. The summed E-state index contributed by atoms with van der Waals surface area (Å²) < 4.78 is 0. The fourth-order valence-electron chi connectivity index (χ4n) is 1.90. The molecule has 1 rings (SSSR count). The molecule has 0 saturated carbocycles. The summed E-state index contributed by atoms with van der Waals surface area (Å²) in [5.41, 5.74) is 5.33. The topological polar surface area (TPSA) is 46.3 Å². The Balaban J connectivity index is 2.74. The molecule has 1 atom stereocenters. The van der Waals surface area contributed by atoms with E-state index in [0.29, 0.717) is 0 Å². The van der Waals surface area contributed by atoms with E-state index in [4.69, 9.17) is 5.73 Å². The number of primary amides is 1. The third kappa shape index (κ3) is 1.53. The Labute approximate surface area is 67.5 Å². The van der Waals surface area contributed by atoms with E-state index in [1.165, 1.54) is 0 Å². The molecule has 3 nitrogen and oxygen atoms in total. The van der Waals surface area contributed by atoms with Crippen molar-refractivity contribution in [3.05, 3.63) is 0 Å². The zero-order valence-corrected chi connectivity index (χ0v) is 7.42. The van der Waals surface area contributed by atoms with Crippen LogP contribution in [0.4, 0.5) is 0 Å². The fourth-order valence-corrected chi connectivity index (χ4v) is 1.90. The summed E-state index contributed by atoms with van der Waals surface area (Å²) in [6, 6.07) is 0. The van der Waals surface area contributed by atoms with Gasteiger partial charge < -0.3 is 10.6 Å². The Morgan fingerprint density at radius 3 is 2.36 bits per heavy atom. The van der Waals surface area contributed by atoms with Crippen molar-refractivity contribution < 1.29 is 4.79 Å². The molecule has 0 bridgehead atoms. The van der Waals surface area contributed by atoms with Crippen molar-refractivity contribution in [3.63, 3.8) is 0 Å². The predicted molar refractivity (Wildman–Crippen MR) is 44.0 cm³/mol. The van der Waals surface area contributed by atoms with Gasteiger partial charge in [0, 0.05) is 13.1 Å². The Bertz CT molecular complexity index is 177. The van der Waals surface area contributed by atoms with Crippen LogP contribution in [-0.4, -0.2) is 30.9 Å². The van der Waals surface area contributed by atoms with Gasteiger partial charge in [-0.15, -0.1) is 0 Å². The minimum Gasteiger partial charge on any atom is -0.369 e. The van der Waals surface area contributed by atoms with E-state index in [-0.39, 0.29) is 17.2 Å². The zero-order chi connectivity index (χ0) is 8.65. The van der Waals surface area contributed by atoms with Crippen molar-refractivity contribution in [1.82, 2.24) is 4.90 Å². The quantitative estimate of drug-likeness (QED) is 0.583. The van der Waals surface area contributed by atoms with Gasteiger partial charge >= 0.3 is 0 Å². The molecule has 0 radical (unpaired) electrons. The lowest BCUT2D eigenvalue weighted by Crippen LogP contribution is -2.34. The van der Waals surface area contributed by atoms with Crippen LogP contribution in [0.1, 0.15) is 13.8 Å². The van der Waals surface area contributed by atoms with Crippen molar-refractivity contribution in [2.24, 2.45) is 17.1 Å². The molecule has 0 spiro atoms. The fraction of sp³-hybridized carbons (Fsp3) is 0.875. The first kappa shape index (κ1) is 8.53. The second kappa shape index (κ2) is 2.48. The van der Waals surface area contributed by atoms with E-state index in [9.17, 15) is 4.79 Å². The Morgan fingerprint density at radius 2 is 2.18 bits per heavy atom. The molecule has 1 amide bonds. The van der Waals surface area contributed by atoms with E-state index >= 15 is 0 Å². The maximum atomic E-state index is 11.0. The number of nitrogens with zero attached hydrogens (tertiary/aromatic N) is 1. The third-order valence-electron chi connectivity index (χ3n) is 2.46. The molecule has 1 aliphatic rings. The number of likely N-dealkylation sites (tertiary alicyclic amines) is 1. The van der Waals surface area contributed by atoms with Gasteiger partial charge in [0.2, 0.25) is 5.91 Å². The number of hydrogen-bond acceptors (Lipinski definition) is 2. The Morgan fingerprint density at radius 1 is 1.64 bits per heavy atom. The Hall–Kier alpha value is -0.570. The van der Waals surface area contributed by atoms with E-state index < -0.39 is 0 Å². The van der Waals surface area contributed by atoms with Crippen molar-refractivity contribution in [2.45, 2.75) is 13.8 Å². The first-order valence-electron chi connectivity index (χ1n) is 3.91. The number of carbonyl (C=O) groups excluding carboxylic acids is 1. The summed E-state index contributed by atoms with van der Waals surface area (Å²) in [4.78, 5) is 13.1. The van der Waals surface area contributed by atoms with Crippen LogP contribution in [-0.2, 0) is 4.79 Å². The van der Waals surface area contributed by atoms with Gasteiger partial charge in [-0.1, -0.05) is 13.8 Å². The molecule has 2 N–H and O–H groups in total. The van der Waals surface area contributed by atoms with E-state index in [1.807, 2.05) is 7.05 Å². The monoisotopic (exact) mass is 156 g/mol. The molecular weight excluding hydrogens is 140 g/mol. The number of rotatable bonds is 1. The van der Waals surface area contributed by atoms with Crippen LogP contribution in [0.15, 0.2) is 0 Å². The van der Waals surface area contributed by atoms with Crippen LogP contribution in [0, 0.1) is 11.3 Å². The molecule has 0 aromatic rings. The van der Waals surface area contributed by atoms with Crippen molar-refractivity contribution >= 4 is 5.91 Å². The van der Waals surface area contributed by atoms with E-state index in [0.717, 1.165) is 13.1 Å². The van der Waals surface area contributed by atoms with Crippen molar-refractivity contribution in [2.75, 3.05) is 20.1 Å². The lowest BCUT2D eigenvalue weighted by Gasteiger charge is -2.22. The maximum absolute atomic E-state index is 11.0. The summed E-state index contributed by atoms with van der Waals surface area (Å²) in [7, 11) is 2.02. The molecule has 1 heterocycles. The summed E-state index contributed by atoms with van der Waals surface area (Å²) in [5, 5.41) is 0. The average Bonchev–Trinajstić information content (AvgIpc) is 2.04. The van der Waals surface area contributed by atoms with Crippen LogP contribution < -0.4 is 5.73 Å². The summed E-state index contributed by atoms with van der Waals surface area (Å²) in [6.45, 7) is 5.95. The van der Waals surface area contributed by atoms with Gasteiger partial charge in [0.1, 0.15) is 0 Å². The van der Waals surface area contributed by atoms with Gasteiger partial charge in [-0.05, 0) is 12.5 Å². The second-order valence-corrected chi connectivity index (χ2v) is 4.14. The number of amides is 1. The molecule has 64 valence electrons. The van der Waals surface area contributed by atoms with Gasteiger partial charge in [0.05, 0.1) is 5.92 Å². The number of nitrogens with two attached hydrogens (primary N) is 1. The molecule has 3 heteroatoms. The van der Waals surface area contributed by atoms with Gasteiger partial charge in [0.25, 0.3) is 0 Å². The molecule has 0 aromatic heterocycles. The molecule has 0 aliphatic carbocycles. The smallest absolute Gasteiger partial charge is 0.222 e. The molecule has 0 unspecified atom stereocenters. The lowest BCUT2D eigenvalue weighted by atomic mass is 9.82. The van der Waals surface area contributed by atoms with Crippen LogP contribution >= 0.6 is 0 Å². The van der Waals surface area contributed by atoms with Crippen LogP contribution in [0.5, 0.6) is 0 Å². The number of carbonyl (C=O) groups is 1. The molecule has 1 fully saturated rings. The highest BCUT2D eigenvalue weighted by atomic mass is 16.1. The van der Waals surface area contributed by atoms with E-state index in [1.54, 1.807) is 0 Å². The van der Waals surface area contributed by atoms with E-state index in [2.05, 4.69) is 18.7 Å². The summed E-state index contributed by atoms with van der Waals surface area (Å²) >= 11 is 0. The number of hydrogen-bond donors (Lipinski definition) is 1. The predicted octanol–water partition coefficient (Wildman–Crippen LogP) is 0.0595. The van der Waals surface area contributed by atoms with Crippen molar-refractivity contribution in [1.29, 1.82) is 0 Å². The second-order valence-electron chi connectivity index (χ2n) is 4.14. The zero-order valence-electron chi connectivity index (χ0n) is 7.42. The standard InChI is InChI=1S/C8H16N2O/c1-8(2)5-10(3)4-6(8)7(9)11/h6H,4-5H2,1-3H3,(H2,9,11)/t6-/m0/s1. The molecule has 11 heavy (non-hydrogen) atoms. The minimum atomic E-state index is -0.167. The molecule has 1 aliphatic heterocycles. The minimum absolute atomic E-state index is 0.0208. The summed E-state index contributed by atoms with van der Waals surface area (Å²) in [5.74, 6) is -0.146. The van der Waals surface area contributed by atoms with Crippen LogP contribution in [0.25, 0.3) is 0 Å². The highest BCUT2D eigenvalue weighted by molar-refractivity contribution is 5.78. The van der Waals surface area contributed by atoms with Crippen molar-refractivity contribution in [3.8, 4) is 0 Å². The first-order valence-corrected chi connectivity index (χ1v) is 3.91.